The van der Waals surface area contributed by atoms with E-state index in [0.29, 0.717) is 47.8 Å². The van der Waals surface area contributed by atoms with Crippen molar-refractivity contribution < 1.29 is 15.3 Å². The summed E-state index contributed by atoms with van der Waals surface area (Å²) in [5.41, 5.74) is 1.29. The summed E-state index contributed by atoms with van der Waals surface area (Å²) < 4.78 is 0. The molecule has 0 aliphatic carbocycles. The molecule has 13 heteroatoms. The van der Waals surface area contributed by atoms with E-state index < -0.39 is 0 Å². The summed E-state index contributed by atoms with van der Waals surface area (Å²) in [7, 11) is 0. The van der Waals surface area contributed by atoms with Gasteiger partial charge < -0.3 is 15.3 Å². The maximum Gasteiger partial charge on any atom is 0.160 e. The Morgan fingerprint density at radius 3 is 0.925 bits per heavy atom. The van der Waals surface area contributed by atoms with Crippen LogP contribution in [0, 0.1) is 0 Å². The SMILES string of the molecule is Oc1c(Cl)cc(Cl)c2cccnc12.Oc1c(Cl)cc(Cl)c2cccnc12.Oc1c(Cl)cc(Cl)c2cccnc12.[Al]. The second-order valence-electron chi connectivity index (χ2n) is 7.77. The van der Waals surface area contributed by atoms with Crippen LogP contribution in [-0.4, -0.2) is 47.6 Å². The van der Waals surface area contributed by atoms with Gasteiger partial charge in [-0.25, -0.2) is 0 Å². The van der Waals surface area contributed by atoms with E-state index in [1.807, 2.05) is 0 Å². The van der Waals surface area contributed by atoms with Crippen LogP contribution in [0.5, 0.6) is 17.2 Å². The molecule has 201 valence electrons. The van der Waals surface area contributed by atoms with Crippen molar-refractivity contribution >= 4 is 120 Å². The van der Waals surface area contributed by atoms with Crippen LogP contribution < -0.4 is 0 Å². The number of aromatic hydroxyl groups is 3. The second-order valence-corrected chi connectivity index (χ2v) is 10.2. The lowest BCUT2D eigenvalue weighted by Crippen LogP contribution is -1.80. The molecule has 0 atom stereocenters. The van der Waals surface area contributed by atoms with E-state index in [1.54, 1.807) is 55.0 Å². The number of rotatable bonds is 0. The van der Waals surface area contributed by atoms with Gasteiger partial charge in [-0.2, -0.15) is 0 Å². The second kappa shape index (κ2) is 14.0. The van der Waals surface area contributed by atoms with Crippen LogP contribution in [0.3, 0.4) is 0 Å². The topological polar surface area (TPSA) is 99.4 Å². The lowest BCUT2D eigenvalue weighted by molar-refractivity contribution is 0.480. The Bertz CT molecular complexity index is 1630. The summed E-state index contributed by atoms with van der Waals surface area (Å²) in [4.78, 5) is 12.0. The minimum Gasteiger partial charge on any atom is -0.504 e. The van der Waals surface area contributed by atoms with Crippen LogP contribution in [-0.2, 0) is 0 Å². The van der Waals surface area contributed by atoms with Gasteiger partial charge in [-0.15, -0.1) is 0 Å². The van der Waals surface area contributed by atoms with Gasteiger partial charge in [-0.05, 0) is 54.6 Å². The molecule has 3 aromatic carbocycles. The van der Waals surface area contributed by atoms with E-state index in [1.165, 1.54) is 18.2 Å². The van der Waals surface area contributed by atoms with Crippen LogP contribution in [0.25, 0.3) is 32.7 Å². The van der Waals surface area contributed by atoms with Crippen molar-refractivity contribution in [3.8, 4) is 17.2 Å². The van der Waals surface area contributed by atoms with Gasteiger partial charge in [0.1, 0.15) is 16.6 Å². The van der Waals surface area contributed by atoms with Crippen LogP contribution in [0.2, 0.25) is 30.1 Å². The molecule has 0 aliphatic heterocycles. The summed E-state index contributed by atoms with van der Waals surface area (Å²) in [6.07, 6.45) is 4.73. The molecule has 0 fully saturated rings. The minimum atomic E-state index is -0.0262. The van der Waals surface area contributed by atoms with Crippen molar-refractivity contribution in [3.05, 3.63) is 103 Å². The van der Waals surface area contributed by atoms with Gasteiger partial charge in [0.2, 0.25) is 0 Å². The number of nitrogens with zero attached hydrogens (tertiary/aromatic N) is 3. The van der Waals surface area contributed by atoms with E-state index in [4.69, 9.17) is 69.6 Å². The molecule has 0 saturated carbocycles. The molecule has 6 rings (SSSR count). The number of phenols is 3. The number of aromatic nitrogens is 3. The number of hydrogen-bond donors (Lipinski definition) is 3. The summed E-state index contributed by atoms with van der Waals surface area (Å²) >= 11 is 34.9. The highest BCUT2D eigenvalue weighted by atomic mass is 35.5. The standard InChI is InChI=1S/3C9H5Cl2NO.Al/c3*10-6-4-7(11)9(13)8-5(6)2-1-3-12-8;/h3*1-4,13H;. The van der Waals surface area contributed by atoms with E-state index in [-0.39, 0.29) is 49.7 Å². The highest BCUT2D eigenvalue weighted by Crippen LogP contribution is 2.37. The third kappa shape index (κ3) is 6.88. The van der Waals surface area contributed by atoms with Gasteiger partial charge >= 0.3 is 0 Å². The van der Waals surface area contributed by atoms with Crippen LogP contribution in [0.15, 0.2) is 73.2 Å². The summed E-state index contributed by atoms with van der Waals surface area (Å²) in [6, 6.07) is 15.1. The average molecular weight is 669 g/mol. The lowest BCUT2D eigenvalue weighted by Gasteiger charge is -2.03. The molecule has 0 amide bonds. The van der Waals surface area contributed by atoms with Gasteiger partial charge in [-0.3, -0.25) is 15.0 Å². The molecular formula is C27H15AlCl6N3O3. The van der Waals surface area contributed by atoms with Crippen molar-refractivity contribution in [3.63, 3.8) is 0 Å². The minimum absolute atomic E-state index is 0. The Kier molecular flexibility index (Phi) is 11.2. The molecule has 6 nitrogen and oxygen atoms in total. The van der Waals surface area contributed by atoms with Gasteiger partial charge in [0.25, 0.3) is 0 Å². The zero-order chi connectivity index (χ0) is 28.3. The van der Waals surface area contributed by atoms with Crippen LogP contribution in [0.1, 0.15) is 0 Å². The molecule has 0 aliphatic rings. The maximum atomic E-state index is 9.53. The number of benzene rings is 3. The Labute approximate surface area is 268 Å². The predicted octanol–water partition coefficient (Wildman–Crippen LogP) is 9.36. The zero-order valence-electron chi connectivity index (χ0n) is 20.0. The molecule has 3 radical (unpaired) electrons. The van der Waals surface area contributed by atoms with Crippen molar-refractivity contribution in [1.82, 2.24) is 15.0 Å². The molecular weight excluding hydrogens is 654 g/mol. The van der Waals surface area contributed by atoms with Crippen molar-refractivity contribution in [2.75, 3.05) is 0 Å². The van der Waals surface area contributed by atoms with Gasteiger partial charge in [0.05, 0.1) is 30.1 Å². The van der Waals surface area contributed by atoms with Crippen molar-refractivity contribution in [2.24, 2.45) is 0 Å². The number of hydrogen-bond acceptors (Lipinski definition) is 6. The fourth-order valence-electron chi connectivity index (χ4n) is 3.47. The smallest absolute Gasteiger partial charge is 0.160 e. The maximum absolute atomic E-state index is 9.53. The summed E-state index contributed by atoms with van der Waals surface area (Å²) in [5, 5.41) is 32.8. The monoisotopic (exact) mass is 666 g/mol. The Morgan fingerprint density at radius 1 is 0.425 bits per heavy atom. The Balaban J connectivity index is 0.000000163. The average Bonchev–Trinajstić information content (AvgIpc) is 2.94. The first-order valence-electron chi connectivity index (χ1n) is 10.8. The van der Waals surface area contributed by atoms with E-state index in [9.17, 15) is 15.3 Å². The highest BCUT2D eigenvalue weighted by Gasteiger charge is 2.10. The third-order valence-corrected chi connectivity index (χ3v) is 7.11. The molecule has 0 bridgehead atoms. The molecule has 3 N–H and O–H groups in total. The normalized spacial score (nSPS) is 10.3. The predicted molar refractivity (Wildman–Crippen MR) is 166 cm³/mol. The largest absolute Gasteiger partial charge is 0.504 e. The van der Waals surface area contributed by atoms with E-state index in [2.05, 4.69) is 15.0 Å². The summed E-state index contributed by atoms with van der Waals surface area (Å²) in [5.74, 6) is -0.0787. The van der Waals surface area contributed by atoms with Gasteiger partial charge in [-0.1, -0.05) is 69.6 Å². The zero-order valence-corrected chi connectivity index (χ0v) is 25.6. The fraction of sp³-hybridized carbons (Fsp3) is 0. The van der Waals surface area contributed by atoms with Gasteiger partial charge in [0.15, 0.2) is 17.2 Å². The van der Waals surface area contributed by atoms with Crippen LogP contribution in [0.4, 0.5) is 0 Å². The third-order valence-electron chi connectivity index (χ3n) is 5.31. The molecule has 3 heterocycles. The van der Waals surface area contributed by atoms with Gasteiger partial charge in [0, 0.05) is 52.1 Å². The van der Waals surface area contributed by atoms with E-state index in [0.717, 1.165) is 0 Å². The van der Waals surface area contributed by atoms with E-state index >= 15 is 0 Å². The summed E-state index contributed by atoms with van der Waals surface area (Å²) in [6.45, 7) is 0. The number of phenolic OH excluding ortho intramolecular Hbond substituents is 3. The highest BCUT2D eigenvalue weighted by molar-refractivity contribution is 6.41. The first-order valence-corrected chi connectivity index (χ1v) is 13.1. The fourth-order valence-corrected chi connectivity index (χ4v) is 5.02. The first kappa shape index (κ1) is 32.1. The quantitative estimate of drug-likeness (QED) is 0.140. The Morgan fingerprint density at radius 2 is 0.675 bits per heavy atom. The molecule has 6 aromatic rings. The molecule has 0 unspecified atom stereocenters. The number of fused-ring (bicyclic) bond motifs is 3. The molecule has 3 aromatic heterocycles. The van der Waals surface area contributed by atoms with Crippen molar-refractivity contribution in [2.45, 2.75) is 0 Å². The molecule has 0 saturated heterocycles. The molecule has 0 spiro atoms. The number of pyridine rings is 3. The van der Waals surface area contributed by atoms with Crippen LogP contribution >= 0.6 is 69.6 Å². The lowest BCUT2D eigenvalue weighted by atomic mass is 10.2. The number of halogens is 6. The molecule has 40 heavy (non-hydrogen) atoms. The van der Waals surface area contributed by atoms with Crippen molar-refractivity contribution in [1.29, 1.82) is 0 Å². The first-order chi connectivity index (χ1) is 18.6. The Hall–Kier alpha value is -2.44.